The minimum absolute atomic E-state index is 0.167. The van der Waals surface area contributed by atoms with E-state index in [-0.39, 0.29) is 11.0 Å². The third kappa shape index (κ3) is 5.03. The van der Waals surface area contributed by atoms with Crippen LogP contribution in [0.2, 0.25) is 5.02 Å². The normalized spacial score (nSPS) is 19.5. The molecule has 3 aromatic carbocycles. The summed E-state index contributed by atoms with van der Waals surface area (Å²) in [7, 11) is 1.31. The fraction of sp³-hybridized carbons (Fsp3) is 0.222. The van der Waals surface area contributed by atoms with Gasteiger partial charge in [-0.25, -0.2) is 4.79 Å². The first-order chi connectivity index (χ1) is 16.4. The van der Waals surface area contributed by atoms with E-state index in [4.69, 9.17) is 16.3 Å². The van der Waals surface area contributed by atoms with Crippen LogP contribution in [0.25, 0.3) is 11.1 Å². The molecule has 1 saturated carbocycles. The second-order valence-electron chi connectivity index (χ2n) is 8.14. The van der Waals surface area contributed by atoms with Crippen molar-refractivity contribution in [2.45, 2.75) is 23.0 Å². The number of aliphatic carboxylic acids is 1. The van der Waals surface area contributed by atoms with Gasteiger partial charge >= 0.3 is 11.9 Å². The Morgan fingerprint density at radius 2 is 1.53 bits per heavy atom. The van der Waals surface area contributed by atoms with Crippen molar-refractivity contribution >= 4 is 41.1 Å². The Morgan fingerprint density at radius 1 is 0.912 bits per heavy atom. The molecule has 1 fully saturated rings. The van der Waals surface area contributed by atoms with E-state index >= 15 is 0 Å². The molecule has 3 atom stereocenters. The van der Waals surface area contributed by atoms with Gasteiger partial charge in [-0.2, -0.15) is 0 Å². The summed E-state index contributed by atoms with van der Waals surface area (Å²) in [4.78, 5) is 38.3. The zero-order chi connectivity index (χ0) is 24.2. The van der Waals surface area contributed by atoms with Gasteiger partial charge in [-0.05, 0) is 48.2 Å². The molecule has 0 aliphatic heterocycles. The second kappa shape index (κ2) is 10.5. The van der Waals surface area contributed by atoms with E-state index in [1.807, 2.05) is 36.4 Å². The number of thioether (sulfide) groups is 1. The Hall–Kier alpha value is -3.09. The molecule has 0 spiro atoms. The van der Waals surface area contributed by atoms with Crippen molar-refractivity contribution in [3.05, 3.63) is 88.9 Å². The third-order valence-corrected chi connectivity index (χ3v) is 7.83. The van der Waals surface area contributed by atoms with Crippen LogP contribution in [0, 0.1) is 11.8 Å². The molecular weight excluding hydrogens is 472 g/mol. The molecule has 1 aliphatic rings. The fourth-order valence-electron chi connectivity index (χ4n) is 4.41. The van der Waals surface area contributed by atoms with Gasteiger partial charge in [0.25, 0.3) is 0 Å². The van der Waals surface area contributed by atoms with Gasteiger partial charge in [0, 0.05) is 26.6 Å². The minimum atomic E-state index is -0.998. The lowest BCUT2D eigenvalue weighted by Crippen LogP contribution is -2.31. The topological polar surface area (TPSA) is 80.7 Å². The van der Waals surface area contributed by atoms with Crippen molar-refractivity contribution in [3.8, 4) is 11.1 Å². The van der Waals surface area contributed by atoms with Crippen LogP contribution in [0.3, 0.4) is 0 Å². The number of rotatable bonds is 7. The summed E-state index contributed by atoms with van der Waals surface area (Å²) < 4.78 is 4.85. The number of carbonyl (C=O) groups excluding carboxylic acids is 2. The summed E-state index contributed by atoms with van der Waals surface area (Å²) in [5.74, 6) is -3.11. The Labute approximate surface area is 207 Å². The molecule has 7 heteroatoms. The predicted octanol–water partition coefficient (Wildman–Crippen LogP) is 6.25. The summed E-state index contributed by atoms with van der Waals surface area (Å²) in [5, 5.41) is 10.3. The van der Waals surface area contributed by atoms with Gasteiger partial charge in [-0.1, -0.05) is 60.1 Å². The number of hydrogen-bond acceptors (Lipinski definition) is 5. The molecule has 174 valence electrons. The summed E-state index contributed by atoms with van der Waals surface area (Å²) in [6.07, 6.45) is 1.04. The standard InChI is InChI=1S/C27H23ClO5S/c1-33-27(32)20-4-2-3-5-22(20)34-23-15-14-21(24(23)26(30)31)25(29)18-8-6-16(7-9-18)17-10-12-19(28)13-11-17/h2-13,21,23-24H,14-15H2,1H3,(H,30,31)/t21-,23-,24+/m1/s1. The van der Waals surface area contributed by atoms with Crippen LogP contribution in [-0.4, -0.2) is 35.2 Å². The van der Waals surface area contributed by atoms with Gasteiger partial charge in [0.2, 0.25) is 0 Å². The molecule has 1 N–H and O–H groups in total. The number of hydrogen-bond donors (Lipinski definition) is 1. The van der Waals surface area contributed by atoms with Crippen molar-refractivity contribution in [2.24, 2.45) is 11.8 Å². The SMILES string of the molecule is COC(=O)c1ccccc1S[C@@H]1CC[C@@H](C(=O)c2ccc(-c3ccc(Cl)cc3)cc2)[C@@H]1C(=O)O. The van der Waals surface area contributed by atoms with Crippen molar-refractivity contribution < 1.29 is 24.2 Å². The Morgan fingerprint density at radius 3 is 2.15 bits per heavy atom. The van der Waals surface area contributed by atoms with Crippen LogP contribution in [0.15, 0.2) is 77.7 Å². The number of benzene rings is 3. The Kier molecular flexibility index (Phi) is 7.39. The maximum absolute atomic E-state index is 13.3. The maximum atomic E-state index is 13.3. The number of carboxylic acid groups (broad SMARTS) is 1. The van der Waals surface area contributed by atoms with Crippen molar-refractivity contribution in [2.75, 3.05) is 7.11 Å². The number of esters is 1. The highest BCUT2D eigenvalue weighted by Crippen LogP contribution is 2.44. The van der Waals surface area contributed by atoms with E-state index in [1.165, 1.54) is 18.9 Å². The molecule has 34 heavy (non-hydrogen) atoms. The smallest absolute Gasteiger partial charge is 0.338 e. The predicted molar refractivity (Wildman–Crippen MR) is 132 cm³/mol. The summed E-state index contributed by atoms with van der Waals surface area (Å²) in [6.45, 7) is 0. The van der Waals surface area contributed by atoms with Gasteiger partial charge < -0.3 is 9.84 Å². The molecule has 4 rings (SSSR count). The molecular formula is C27H23ClO5S. The molecule has 0 aromatic heterocycles. The Balaban J connectivity index is 1.53. The first kappa shape index (κ1) is 24.0. The highest BCUT2D eigenvalue weighted by molar-refractivity contribution is 8.00. The van der Waals surface area contributed by atoms with Crippen molar-refractivity contribution in [3.63, 3.8) is 0 Å². The summed E-state index contributed by atoms with van der Waals surface area (Å²) in [5.41, 5.74) is 2.82. The highest BCUT2D eigenvalue weighted by Gasteiger charge is 2.45. The van der Waals surface area contributed by atoms with E-state index in [1.54, 1.807) is 36.4 Å². The first-order valence-corrected chi connectivity index (χ1v) is 12.1. The number of halogens is 1. The van der Waals surface area contributed by atoms with Crippen LogP contribution in [0.5, 0.6) is 0 Å². The lowest BCUT2D eigenvalue weighted by Gasteiger charge is -2.21. The van der Waals surface area contributed by atoms with Crippen LogP contribution in [-0.2, 0) is 9.53 Å². The van der Waals surface area contributed by atoms with Crippen LogP contribution < -0.4 is 0 Å². The van der Waals surface area contributed by atoms with Crippen LogP contribution in [0.1, 0.15) is 33.6 Å². The molecule has 0 bridgehead atoms. The quantitative estimate of drug-likeness (QED) is 0.309. The van der Waals surface area contributed by atoms with Gasteiger partial charge in [0.15, 0.2) is 5.78 Å². The van der Waals surface area contributed by atoms with Gasteiger partial charge in [-0.15, -0.1) is 11.8 Å². The first-order valence-electron chi connectivity index (χ1n) is 10.9. The number of carbonyl (C=O) groups is 3. The molecule has 0 amide bonds. The Bertz CT molecular complexity index is 1210. The molecule has 0 radical (unpaired) electrons. The number of methoxy groups -OCH3 is 1. The van der Waals surface area contributed by atoms with E-state index in [0.717, 1.165) is 11.1 Å². The third-order valence-electron chi connectivity index (χ3n) is 6.14. The van der Waals surface area contributed by atoms with Crippen molar-refractivity contribution in [1.29, 1.82) is 0 Å². The largest absolute Gasteiger partial charge is 0.481 e. The minimum Gasteiger partial charge on any atom is -0.481 e. The number of ketones is 1. The average molecular weight is 495 g/mol. The van der Waals surface area contributed by atoms with Crippen LogP contribution in [0.4, 0.5) is 0 Å². The molecule has 1 aliphatic carbocycles. The number of ether oxygens (including phenoxy) is 1. The van der Waals surface area contributed by atoms with Gasteiger partial charge in [0.05, 0.1) is 18.6 Å². The number of carboxylic acids is 1. The van der Waals surface area contributed by atoms with E-state index in [9.17, 15) is 19.5 Å². The molecule has 5 nitrogen and oxygen atoms in total. The zero-order valence-corrected chi connectivity index (χ0v) is 20.0. The van der Waals surface area contributed by atoms with Crippen molar-refractivity contribution in [1.82, 2.24) is 0 Å². The second-order valence-corrected chi connectivity index (χ2v) is 9.86. The summed E-state index contributed by atoms with van der Waals surface area (Å²) >= 11 is 7.29. The van der Waals surface area contributed by atoms with Gasteiger partial charge in [0.1, 0.15) is 0 Å². The molecule has 3 aromatic rings. The molecule has 0 heterocycles. The summed E-state index contributed by atoms with van der Waals surface area (Å²) in [6, 6.07) is 21.6. The molecule has 0 saturated heterocycles. The van der Waals surface area contributed by atoms with E-state index in [2.05, 4.69) is 0 Å². The van der Waals surface area contributed by atoms with E-state index in [0.29, 0.717) is 33.9 Å². The highest BCUT2D eigenvalue weighted by atomic mass is 35.5. The van der Waals surface area contributed by atoms with Gasteiger partial charge in [-0.3, -0.25) is 9.59 Å². The maximum Gasteiger partial charge on any atom is 0.338 e. The zero-order valence-electron chi connectivity index (χ0n) is 18.4. The lowest BCUT2D eigenvalue weighted by atomic mass is 9.88. The number of Topliss-reactive ketones (excluding diaryl/α,β-unsaturated/α-hetero) is 1. The monoisotopic (exact) mass is 494 g/mol. The van der Waals surface area contributed by atoms with E-state index < -0.39 is 23.8 Å². The van der Waals surface area contributed by atoms with Crippen LogP contribution >= 0.6 is 23.4 Å². The fourth-order valence-corrected chi connectivity index (χ4v) is 6.01. The lowest BCUT2D eigenvalue weighted by molar-refractivity contribution is -0.142. The molecule has 0 unspecified atom stereocenters. The average Bonchev–Trinajstić information content (AvgIpc) is 3.28.